The Morgan fingerprint density at radius 1 is 1.22 bits per heavy atom. The molecule has 1 aromatic rings. The first-order valence-electron chi connectivity index (χ1n) is 7.60. The number of carbonyl (C=O) groups excluding carboxylic acids is 2. The molecule has 0 aliphatic carbocycles. The van der Waals surface area contributed by atoms with E-state index in [9.17, 15) is 9.59 Å². The van der Waals surface area contributed by atoms with Crippen LogP contribution in [0.2, 0.25) is 5.02 Å². The fraction of sp³-hybridized carbons (Fsp3) is 0.500. The predicted molar refractivity (Wildman–Crippen MR) is 90.4 cm³/mol. The number of hydrogen-bond acceptors (Lipinski definition) is 4. The Morgan fingerprint density at radius 2 is 1.87 bits per heavy atom. The largest absolute Gasteiger partial charge is 0.378 e. The Hall–Kier alpha value is -1.24. The third-order valence-corrected chi connectivity index (χ3v) is 5.70. The Morgan fingerprint density at radius 3 is 2.48 bits per heavy atom. The summed E-state index contributed by atoms with van der Waals surface area (Å²) < 4.78 is 5.30. The van der Waals surface area contributed by atoms with Crippen molar-refractivity contribution in [3.63, 3.8) is 0 Å². The first-order chi connectivity index (χ1) is 11.1. The number of ether oxygens (including phenoxy) is 1. The molecule has 2 atom stereocenters. The van der Waals surface area contributed by atoms with E-state index < -0.39 is 6.04 Å². The van der Waals surface area contributed by atoms with Crippen LogP contribution in [0.25, 0.3) is 0 Å². The topological polar surface area (TPSA) is 49.9 Å². The van der Waals surface area contributed by atoms with Gasteiger partial charge in [-0.2, -0.15) is 0 Å². The van der Waals surface area contributed by atoms with Crippen LogP contribution in [0.15, 0.2) is 24.3 Å². The van der Waals surface area contributed by atoms with Gasteiger partial charge in [-0.05, 0) is 17.7 Å². The minimum atomic E-state index is -0.406. The Kier molecular flexibility index (Phi) is 5.14. The maximum absolute atomic E-state index is 12.8. The lowest BCUT2D eigenvalue weighted by molar-refractivity contribution is -0.146. The molecule has 23 heavy (non-hydrogen) atoms. The molecular weight excluding hydrogens is 336 g/mol. The number of carbonyl (C=O) groups is 2. The van der Waals surface area contributed by atoms with Gasteiger partial charge >= 0.3 is 0 Å². The summed E-state index contributed by atoms with van der Waals surface area (Å²) >= 11 is 7.56. The van der Waals surface area contributed by atoms with Gasteiger partial charge in [-0.15, -0.1) is 11.8 Å². The van der Waals surface area contributed by atoms with E-state index in [0.29, 0.717) is 37.1 Å². The summed E-state index contributed by atoms with van der Waals surface area (Å²) in [6.07, 6.45) is 0. The molecule has 5 nitrogen and oxygen atoms in total. The summed E-state index contributed by atoms with van der Waals surface area (Å²) in [6.45, 7) is 3.84. The number of thioether (sulfide) groups is 1. The number of halogens is 1. The van der Waals surface area contributed by atoms with E-state index in [1.807, 2.05) is 24.3 Å². The molecule has 0 N–H and O–H groups in total. The van der Waals surface area contributed by atoms with Crippen molar-refractivity contribution in [2.24, 2.45) is 0 Å². The number of nitrogens with zero attached hydrogens (tertiary/aromatic N) is 2. The minimum Gasteiger partial charge on any atom is -0.378 e. The summed E-state index contributed by atoms with van der Waals surface area (Å²) in [4.78, 5) is 28.5. The average Bonchev–Trinajstić information content (AvgIpc) is 3.01. The smallest absolute Gasteiger partial charge is 0.246 e. The van der Waals surface area contributed by atoms with Gasteiger partial charge in [0, 0.05) is 30.8 Å². The highest BCUT2D eigenvalue weighted by atomic mass is 35.5. The van der Waals surface area contributed by atoms with Crippen molar-refractivity contribution in [2.75, 3.05) is 32.1 Å². The van der Waals surface area contributed by atoms with E-state index in [2.05, 4.69) is 0 Å². The summed E-state index contributed by atoms with van der Waals surface area (Å²) in [6, 6.07) is 7.05. The zero-order chi connectivity index (χ0) is 16.4. The Bertz CT molecular complexity index is 589. The Balaban J connectivity index is 1.80. The van der Waals surface area contributed by atoms with Crippen molar-refractivity contribution in [2.45, 2.75) is 18.3 Å². The second-order valence-electron chi connectivity index (χ2n) is 5.62. The predicted octanol–water partition coefficient (Wildman–Crippen LogP) is 2.16. The molecule has 0 unspecified atom stereocenters. The van der Waals surface area contributed by atoms with Gasteiger partial charge in [0.1, 0.15) is 11.4 Å². The van der Waals surface area contributed by atoms with E-state index in [-0.39, 0.29) is 17.2 Å². The number of rotatable bonds is 2. The highest BCUT2D eigenvalue weighted by Crippen LogP contribution is 2.42. The quantitative estimate of drug-likeness (QED) is 0.816. The van der Waals surface area contributed by atoms with Crippen molar-refractivity contribution in [3.05, 3.63) is 34.9 Å². The van der Waals surface area contributed by atoms with E-state index >= 15 is 0 Å². The first-order valence-corrected chi connectivity index (χ1v) is 9.03. The molecule has 124 valence electrons. The first kappa shape index (κ1) is 16.6. The molecule has 2 heterocycles. The molecule has 2 aliphatic heterocycles. The lowest BCUT2D eigenvalue weighted by Gasteiger charge is -2.33. The Labute approximate surface area is 144 Å². The van der Waals surface area contributed by atoms with Crippen molar-refractivity contribution in [3.8, 4) is 0 Å². The number of amides is 2. The third-order valence-electron chi connectivity index (χ3n) is 4.13. The van der Waals surface area contributed by atoms with Gasteiger partial charge in [0.2, 0.25) is 11.8 Å². The molecule has 3 rings (SSSR count). The van der Waals surface area contributed by atoms with Crippen LogP contribution in [-0.2, 0) is 14.3 Å². The van der Waals surface area contributed by atoms with E-state index in [4.69, 9.17) is 16.3 Å². The van der Waals surface area contributed by atoms with Crippen molar-refractivity contribution < 1.29 is 14.3 Å². The van der Waals surface area contributed by atoms with Crippen LogP contribution in [0.5, 0.6) is 0 Å². The van der Waals surface area contributed by atoms with Gasteiger partial charge in [0.25, 0.3) is 0 Å². The van der Waals surface area contributed by atoms with Crippen LogP contribution < -0.4 is 0 Å². The molecule has 0 aromatic heterocycles. The van der Waals surface area contributed by atoms with Crippen molar-refractivity contribution in [1.82, 2.24) is 9.80 Å². The van der Waals surface area contributed by atoms with E-state index in [1.54, 1.807) is 21.6 Å². The maximum Gasteiger partial charge on any atom is 0.246 e. The monoisotopic (exact) mass is 354 g/mol. The molecule has 1 aromatic carbocycles. The second kappa shape index (κ2) is 7.11. The van der Waals surface area contributed by atoms with E-state index in [0.717, 1.165) is 5.56 Å². The molecule has 0 radical (unpaired) electrons. The molecule has 2 fully saturated rings. The van der Waals surface area contributed by atoms with Crippen LogP contribution in [0.4, 0.5) is 0 Å². The minimum absolute atomic E-state index is 0.0208. The number of benzene rings is 1. The molecule has 7 heteroatoms. The van der Waals surface area contributed by atoms with Gasteiger partial charge in [0.15, 0.2) is 0 Å². The summed E-state index contributed by atoms with van der Waals surface area (Å²) in [7, 11) is 0. The van der Waals surface area contributed by atoms with Crippen LogP contribution in [-0.4, -0.2) is 59.7 Å². The fourth-order valence-electron chi connectivity index (χ4n) is 2.96. The van der Waals surface area contributed by atoms with Gasteiger partial charge in [-0.3, -0.25) is 9.59 Å². The molecule has 0 bridgehead atoms. The molecule has 2 saturated heterocycles. The number of hydrogen-bond donors (Lipinski definition) is 0. The molecule has 0 saturated carbocycles. The zero-order valence-corrected chi connectivity index (χ0v) is 14.5. The van der Waals surface area contributed by atoms with Gasteiger partial charge in [-0.1, -0.05) is 23.7 Å². The second-order valence-corrected chi connectivity index (χ2v) is 7.17. The van der Waals surface area contributed by atoms with E-state index in [1.165, 1.54) is 6.92 Å². The van der Waals surface area contributed by atoms with Crippen LogP contribution in [0.1, 0.15) is 17.9 Å². The molecule has 2 amide bonds. The van der Waals surface area contributed by atoms with Gasteiger partial charge in [0.05, 0.1) is 13.2 Å². The third kappa shape index (κ3) is 3.49. The molecule has 0 spiro atoms. The van der Waals surface area contributed by atoms with Gasteiger partial charge < -0.3 is 14.5 Å². The molecule has 2 aliphatic rings. The summed E-state index contributed by atoms with van der Waals surface area (Å²) in [5.74, 6) is 0.553. The fourth-order valence-corrected chi connectivity index (χ4v) is 4.56. The highest BCUT2D eigenvalue weighted by molar-refractivity contribution is 7.99. The van der Waals surface area contributed by atoms with Gasteiger partial charge in [-0.25, -0.2) is 0 Å². The maximum atomic E-state index is 12.8. The normalized spacial score (nSPS) is 24.8. The van der Waals surface area contributed by atoms with Crippen LogP contribution in [0.3, 0.4) is 0 Å². The lowest BCUT2D eigenvalue weighted by atomic mass is 10.1. The summed E-state index contributed by atoms with van der Waals surface area (Å²) in [5, 5.41) is 0.520. The van der Waals surface area contributed by atoms with Crippen molar-refractivity contribution >= 4 is 35.2 Å². The SMILES string of the molecule is CC(=O)N1[C@@H](C(=O)N2CCOCC2)CS[C@H]1c1ccc(Cl)cc1. The summed E-state index contributed by atoms with van der Waals surface area (Å²) in [5.41, 5.74) is 0.992. The van der Waals surface area contributed by atoms with Crippen LogP contribution >= 0.6 is 23.4 Å². The highest BCUT2D eigenvalue weighted by Gasteiger charge is 2.42. The standard InChI is InChI=1S/C16H19ClN2O3S/c1-11(20)19-14(15(21)18-6-8-22-9-7-18)10-23-16(19)12-2-4-13(17)5-3-12/h2-5,14,16H,6-10H2,1H3/t14-,16+/m1/s1. The van der Waals surface area contributed by atoms with Crippen LogP contribution in [0, 0.1) is 0 Å². The van der Waals surface area contributed by atoms with Crippen molar-refractivity contribution in [1.29, 1.82) is 0 Å². The lowest BCUT2D eigenvalue weighted by Crippen LogP contribution is -2.52. The number of morpholine rings is 1. The average molecular weight is 355 g/mol. The zero-order valence-electron chi connectivity index (χ0n) is 12.9. The molecular formula is C16H19ClN2O3S.